The van der Waals surface area contributed by atoms with Gasteiger partial charge in [-0.1, -0.05) is 11.6 Å². The molecule has 6 nitrogen and oxygen atoms in total. The second-order valence-corrected chi connectivity index (χ2v) is 5.11. The van der Waals surface area contributed by atoms with Crippen LogP contribution >= 0.6 is 11.6 Å². The van der Waals surface area contributed by atoms with E-state index in [1.807, 2.05) is 0 Å². The number of hydrogen-bond donors (Lipinski definition) is 2. The number of non-ortho nitro benzene ring substituents is 1. The molecule has 0 aliphatic rings. The highest BCUT2D eigenvalue weighted by Crippen LogP contribution is 2.19. The summed E-state index contributed by atoms with van der Waals surface area (Å²) in [5, 5.41) is 23.0. The van der Waals surface area contributed by atoms with Crippen LogP contribution in [0.4, 0.5) is 10.1 Å². The van der Waals surface area contributed by atoms with Gasteiger partial charge in [-0.25, -0.2) is 4.39 Å². The molecule has 2 aromatic rings. The van der Waals surface area contributed by atoms with Crippen LogP contribution in [0, 0.1) is 15.9 Å². The molecule has 0 bridgehead atoms. The Labute approximate surface area is 135 Å². The van der Waals surface area contributed by atoms with Gasteiger partial charge < -0.3 is 10.4 Å². The SMILES string of the molecule is O=C(NCC(O)c1ccc([N+](=O)[O-])cc1)c1ccc(F)cc1Cl. The lowest BCUT2D eigenvalue weighted by molar-refractivity contribution is -0.384. The Morgan fingerprint density at radius 1 is 1.30 bits per heavy atom. The number of amides is 1. The molecule has 0 saturated heterocycles. The maximum absolute atomic E-state index is 12.9. The molecular formula is C15H12ClFN2O4. The third-order valence-electron chi connectivity index (χ3n) is 3.12. The maximum Gasteiger partial charge on any atom is 0.269 e. The largest absolute Gasteiger partial charge is 0.387 e. The summed E-state index contributed by atoms with van der Waals surface area (Å²) in [7, 11) is 0. The van der Waals surface area contributed by atoms with Gasteiger partial charge >= 0.3 is 0 Å². The minimum atomic E-state index is -1.04. The standard InChI is InChI=1S/C15H12ClFN2O4/c16-13-7-10(17)3-6-12(13)15(21)18-8-14(20)9-1-4-11(5-2-9)19(22)23/h1-7,14,20H,8H2,(H,18,21). The van der Waals surface area contributed by atoms with Gasteiger partial charge in [-0.2, -0.15) is 0 Å². The van der Waals surface area contributed by atoms with Crippen molar-refractivity contribution in [1.82, 2.24) is 5.32 Å². The predicted molar refractivity (Wildman–Crippen MR) is 81.8 cm³/mol. The van der Waals surface area contributed by atoms with Crippen LogP contribution in [0.5, 0.6) is 0 Å². The molecule has 2 N–H and O–H groups in total. The zero-order valence-corrected chi connectivity index (χ0v) is 12.5. The number of carbonyl (C=O) groups excluding carboxylic acids is 1. The second-order valence-electron chi connectivity index (χ2n) is 4.70. The number of hydrogen-bond acceptors (Lipinski definition) is 4. The summed E-state index contributed by atoms with van der Waals surface area (Å²) in [4.78, 5) is 21.9. The molecular weight excluding hydrogens is 327 g/mol. The Balaban J connectivity index is 1.99. The summed E-state index contributed by atoms with van der Waals surface area (Å²) >= 11 is 5.78. The van der Waals surface area contributed by atoms with Gasteiger partial charge in [0.25, 0.3) is 11.6 Å². The molecule has 0 aliphatic carbocycles. The van der Waals surface area contributed by atoms with Crippen LogP contribution in [0.15, 0.2) is 42.5 Å². The van der Waals surface area contributed by atoms with Gasteiger partial charge in [0.05, 0.1) is 21.6 Å². The van der Waals surface area contributed by atoms with Crippen molar-refractivity contribution < 1.29 is 19.2 Å². The number of nitro groups is 1. The van der Waals surface area contributed by atoms with Gasteiger partial charge in [0.1, 0.15) is 5.82 Å². The number of rotatable bonds is 5. The molecule has 8 heteroatoms. The summed E-state index contributed by atoms with van der Waals surface area (Å²) in [6, 6.07) is 8.69. The molecule has 2 rings (SSSR count). The van der Waals surface area contributed by atoms with Gasteiger partial charge in [0, 0.05) is 18.7 Å². The number of aliphatic hydroxyl groups excluding tert-OH is 1. The van der Waals surface area contributed by atoms with Crippen molar-refractivity contribution in [3.8, 4) is 0 Å². The summed E-state index contributed by atoms with van der Waals surface area (Å²) in [6.45, 7) is -0.121. The van der Waals surface area contributed by atoms with Crippen LogP contribution < -0.4 is 5.32 Å². The number of halogens is 2. The molecule has 0 aromatic heterocycles. The molecule has 1 amide bonds. The van der Waals surface area contributed by atoms with E-state index in [-0.39, 0.29) is 22.8 Å². The molecule has 0 spiro atoms. The summed E-state index contributed by atoms with van der Waals surface area (Å²) in [5.74, 6) is -1.12. The van der Waals surface area contributed by atoms with Crippen molar-refractivity contribution in [3.05, 3.63) is 74.5 Å². The highest BCUT2D eigenvalue weighted by molar-refractivity contribution is 6.33. The third kappa shape index (κ3) is 4.24. The van der Waals surface area contributed by atoms with Crippen molar-refractivity contribution in [2.24, 2.45) is 0 Å². The van der Waals surface area contributed by atoms with Crippen LogP contribution in [-0.2, 0) is 0 Å². The molecule has 0 saturated carbocycles. The Kier molecular flexibility index (Phi) is 5.25. The lowest BCUT2D eigenvalue weighted by Gasteiger charge is -2.12. The van der Waals surface area contributed by atoms with Gasteiger partial charge in [-0.3, -0.25) is 14.9 Å². The summed E-state index contributed by atoms with van der Waals surface area (Å²) in [6.07, 6.45) is -1.04. The second kappa shape index (κ2) is 7.17. The number of nitro benzene ring substituents is 1. The molecule has 1 atom stereocenters. The van der Waals surface area contributed by atoms with E-state index in [9.17, 15) is 24.4 Å². The van der Waals surface area contributed by atoms with Gasteiger partial charge in [-0.05, 0) is 35.9 Å². The van der Waals surface area contributed by atoms with Crippen LogP contribution in [0.3, 0.4) is 0 Å². The normalized spacial score (nSPS) is 11.8. The number of aliphatic hydroxyl groups is 1. The van der Waals surface area contributed by atoms with E-state index in [1.165, 1.54) is 30.3 Å². The fourth-order valence-electron chi connectivity index (χ4n) is 1.89. The molecule has 2 aromatic carbocycles. The van der Waals surface area contributed by atoms with Gasteiger partial charge in [0.15, 0.2) is 0 Å². The minimum Gasteiger partial charge on any atom is -0.387 e. The average Bonchev–Trinajstić information content (AvgIpc) is 2.52. The first kappa shape index (κ1) is 16.9. The Hall–Kier alpha value is -2.51. The van der Waals surface area contributed by atoms with Crippen molar-refractivity contribution in [3.63, 3.8) is 0 Å². The number of nitrogens with one attached hydrogen (secondary N) is 1. The zero-order valence-electron chi connectivity index (χ0n) is 11.7. The number of carbonyl (C=O) groups is 1. The molecule has 23 heavy (non-hydrogen) atoms. The Morgan fingerprint density at radius 2 is 1.96 bits per heavy atom. The van der Waals surface area contributed by atoms with E-state index in [0.29, 0.717) is 5.56 Å². The Morgan fingerprint density at radius 3 is 2.52 bits per heavy atom. The van der Waals surface area contributed by atoms with Gasteiger partial charge in [0.2, 0.25) is 0 Å². The monoisotopic (exact) mass is 338 g/mol. The highest BCUT2D eigenvalue weighted by atomic mass is 35.5. The molecule has 0 fully saturated rings. The Bertz CT molecular complexity index is 737. The summed E-state index contributed by atoms with van der Waals surface area (Å²) < 4.78 is 12.9. The molecule has 120 valence electrons. The number of nitrogens with zero attached hydrogens (tertiary/aromatic N) is 1. The molecule has 1 unspecified atom stereocenters. The van der Waals surface area contributed by atoms with E-state index in [4.69, 9.17) is 11.6 Å². The lowest BCUT2D eigenvalue weighted by Crippen LogP contribution is -2.28. The van der Waals surface area contributed by atoms with E-state index in [1.54, 1.807) is 0 Å². The minimum absolute atomic E-state index is 0.0349. The zero-order chi connectivity index (χ0) is 17.0. The first-order chi connectivity index (χ1) is 10.9. The van der Waals surface area contributed by atoms with Crippen LogP contribution in [0.25, 0.3) is 0 Å². The van der Waals surface area contributed by atoms with E-state index < -0.39 is 22.8 Å². The van der Waals surface area contributed by atoms with E-state index >= 15 is 0 Å². The lowest BCUT2D eigenvalue weighted by atomic mass is 10.1. The highest BCUT2D eigenvalue weighted by Gasteiger charge is 2.14. The molecule has 0 heterocycles. The van der Waals surface area contributed by atoms with Crippen molar-refractivity contribution in [1.29, 1.82) is 0 Å². The first-order valence-corrected chi connectivity index (χ1v) is 6.92. The molecule has 0 aliphatic heterocycles. The predicted octanol–water partition coefficient (Wildman–Crippen LogP) is 2.85. The third-order valence-corrected chi connectivity index (χ3v) is 3.43. The van der Waals surface area contributed by atoms with Crippen molar-refractivity contribution in [2.75, 3.05) is 6.54 Å². The van der Waals surface area contributed by atoms with Crippen molar-refractivity contribution in [2.45, 2.75) is 6.10 Å². The first-order valence-electron chi connectivity index (χ1n) is 6.54. The summed E-state index contributed by atoms with van der Waals surface area (Å²) in [5.41, 5.74) is 0.410. The smallest absolute Gasteiger partial charge is 0.269 e. The molecule has 0 radical (unpaired) electrons. The van der Waals surface area contributed by atoms with Crippen LogP contribution in [0.2, 0.25) is 5.02 Å². The maximum atomic E-state index is 12.9. The fourth-order valence-corrected chi connectivity index (χ4v) is 2.15. The quantitative estimate of drug-likeness (QED) is 0.647. The average molecular weight is 339 g/mol. The van der Waals surface area contributed by atoms with Crippen molar-refractivity contribution >= 4 is 23.2 Å². The van der Waals surface area contributed by atoms with Gasteiger partial charge in [-0.15, -0.1) is 0 Å². The topological polar surface area (TPSA) is 92.5 Å². The van der Waals surface area contributed by atoms with Crippen LogP contribution in [0.1, 0.15) is 22.0 Å². The van der Waals surface area contributed by atoms with Crippen LogP contribution in [-0.4, -0.2) is 22.5 Å². The van der Waals surface area contributed by atoms with E-state index in [0.717, 1.165) is 12.1 Å². The van der Waals surface area contributed by atoms with E-state index in [2.05, 4.69) is 5.32 Å². The fraction of sp³-hybridized carbons (Fsp3) is 0.133. The number of benzene rings is 2.